The molecular formula is C14H17NO5. The van der Waals surface area contributed by atoms with Crippen LogP contribution in [-0.2, 0) is 14.3 Å². The Balaban J connectivity index is 3.19. The number of ether oxygens (including phenoxy) is 1. The molecule has 0 amide bonds. The van der Waals surface area contributed by atoms with E-state index in [0.717, 1.165) is 0 Å². The summed E-state index contributed by atoms with van der Waals surface area (Å²) in [6.07, 6.45) is 0. The van der Waals surface area contributed by atoms with Gasteiger partial charge in [0, 0.05) is 17.5 Å². The average Bonchev–Trinajstić information content (AvgIpc) is 2.38. The van der Waals surface area contributed by atoms with Crippen LogP contribution in [0.4, 0.5) is 5.69 Å². The Morgan fingerprint density at radius 2 is 1.95 bits per heavy atom. The number of rotatable bonds is 6. The molecule has 20 heavy (non-hydrogen) atoms. The van der Waals surface area contributed by atoms with E-state index in [0.29, 0.717) is 5.56 Å². The minimum Gasteiger partial charge on any atom is -0.465 e. The summed E-state index contributed by atoms with van der Waals surface area (Å²) in [6, 6.07) is 6.09. The molecule has 1 aromatic rings. The maximum absolute atomic E-state index is 11.9. The number of carbonyl (C=O) groups excluding carboxylic acids is 2. The Morgan fingerprint density at radius 3 is 2.45 bits per heavy atom. The molecule has 0 spiro atoms. The number of benzene rings is 1. The smallest absolute Gasteiger partial charge is 0.317 e. The number of para-hydroxylation sites is 1. The van der Waals surface area contributed by atoms with Crippen LogP contribution < -0.4 is 0 Å². The fraction of sp³-hybridized carbons (Fsp3) is 0.429. The van der Waals surface area contributed by atoms with Crippen LogP contribution in [-0.4, -0.2) is 23.3 Å². The molecule has 0 heterocycles. The molecule has 0 radical (unpaired) electrons. The molecule has 108 valence electrons. The Labute approximate surface area is 116 Å². The van der Waals surface area contributed by atoms with E-state index in [-0.39, 0.29) is 18.1 Å². The van der Waals surface area contributed by atoms with Crippen molar-refractivity contribution in [3.8, 4) is 0 Å². The van der Waals surface area contributed by atoms with E-state index >= 15 is 0 Å². The van der Waals surface area contributed by atoms with Gasteiger partial charge in [0.25, 0.3) is 5.69 Å². The van der Waals surface area contributed by atoms with Crippen molar-refractivity contribution >= 4 is 17.4 Å². The number of hydrogen-bond donors (Lipinski definition) is 0. The van der Waals surface area contributed by atoms with Gasteiger partial charge in [0.1, 0.15) is 11.7 Å². The molecule has 0 aliphatic heterocycles. The van der Waals surface area contributed by atoms with E-state index in [4.69, 9.17) is 4.74 Å². The van der Waals surface area contributed by atoms with Crippen molar-refractivity contribution in [2.24, 2.45) is 5.92 Å². The van der Waals surface area contributed by atoms with Crippen LogP contribution >= 0.6 is 0 Å². The minimum absolute atomic E-state index is 0.101. The quantitative estimate of drug-likeness (QED) is 0.345. The Hall–Kier alpha value is -2.24. The third kappa shape index (κ3) is 3.40. The maximum Gasteiger partial charge on any atom is 0.317 e. The summed E-state index contributed by atoms with van der Waals surface area (Å²) in [4.78, 5) is 34.1. The van der Waals surface area contributed by atoms with Crippen molar-refractivity contribution < 1.29 is 19.2 Å². The van der Waals surface area contributed by atoms with Gasteiger partial charge >= 0.3 is 5.97 Å². The summed E-state index contributed by atoms with van der Waals surface area (Å²) in [5, 5.41) is 11.0. The lowest BCUT2D eigenvalue weighted by Gasteiger charge is -2.20. The third-order valence-corrected chi connectivity index (χ3v) is 3.10. The zero-order chi connectivity index (χ0) is 15.3. The summed E-state index contributed by atoms with van der Waals surface area (Å²) in [5.74, 6) is -2.66. The van der Waals surface area contributed by atoms with Crippen LogP contribution in [0.25, 0.3) is 0 Å². The predicted octanol–water partition coefficient (Wildman–Crippen LogP) is 2.47. The topological polar surface area (TPSA) is 86.5 Å². The van der Waals surface area contributed by atoms with E-state index in [1.54, 1.807) is 32.0 Å². The van der Waals surface area contributed by atoms with Gasteiger partial charge < -0.3 is 4.74 Å². The zero-order valence-corrected chi connectivity index (χ0v) is 11.7. The average molecular weight is 279 g/mol. The van der Waals surface area contributed by atoms with Crippen molar-refractivity contribution in [1.29, 1.82) is 0 Å². The van der Waals surface area contributed by atoms with Crippen molar-refractivity contribution in [2.45, 2.75) is 26.7 Å². The monoisotopic (exact) mass is 279 g/mol. The zero-order valence-electron chi connectivity index (χ0n) is 11.7. The molecule has 0 N–H and O–H groups in total. The second kappa shape index (κ2) is 6.79. The van der Waals surface area contributed by atoms with Gasteiger partial charge in [-0.05, 0) is 13.8 Å². The van der Waals surface area contributed by atoms with E-state index in [1.165, 1.54) is 13.0 Å². The molecule has 2 atom stereocenters. The van der Waals surface area contributed by atoms with Gasteiger partial charge in [-0.2, -0.15) is 0 Å². The number of Topliss-reactive ketones (excluding diaryl/α,β-unsaturated/α-hetero) is 1. The van der Waals surface area contributed by atoms with Crippen LogP contribution in [0.2, 0.25) is 0 Å². The molecule has 0 aromatic heterocycles. The highest BCUT2D eigenvalue weighted by Gasteiger charge is 2.34. The molecule has 6 heteroatoms. The Morgan fingerprint density at radius 1 is 1.35 bits per heavy atom. The number of nitro groups is 1. The molecule has 6 nitrogen and oxygen atoms in total. The number of nitro benzene ring substituents is 1. The SMILES string of the molecule is CCOC(=O)C(C(C)=O)C(C)c1ccccc1[N+](=O)[O-]. The molecular weight excluding hydrogens is 262 g/mol. The highest BCUT2D eigenvalue weighted by molar-refractivity contribution is 5.98. The van der Waals surface area contributed by atoms with Crippen molar-refractivity contribution in [1.82, 2.24) is 0 Å². The molecule has 2 unspecified atom stereocenters. The van der Waals surface area contributed by atoms with Crippen LogP contribution in [0, 0.1) is 16.0 Å². The first-order valence-corrected chi connectivity index (χ1v) is 6.30. The fourth-order valence-electron chi connectivity index (χ4n) is 2.17. The van der Waals surface area contributed by atoms with Gasteiger partial charge in [0.15, 0.2) is 0 Å². The number of carbonyl (C=O) groups is 2. The van der Waals surface area contributed by atoms with E-state index in [9.17, 15) is 19.7 Å². The van der Waals surface area contributed by atoms with Crippen LogP contribution in [0.3, 0.4) is 0 Å². The lowest BCUT2D eigenvalue weighted by Crippen LogP contribution is -2.29. The van der Waals surface area contributed by atoms with Crippen LogP contribution in [0.1, 0.15) is 32.3 Å². The highest BCUT2D eigenvalue weighted by Crippen LogP contribution is 2.32. The largest absolute Gasteiger partial charge is 0.465 e. The standard InChI is InChI=1S/C14H17NO5/c1-4-20-14(17)13(10(3)16)9(2)11-7-5-6-8-12(11)15(18)19/h5-9,13H,4H2,1-3H3. The number of nitrogens with zero attached hydrogens (tertiary/aromatic N) is 1. The lowest BCUT2D eigenvalue weighted by atomic mass is 9.84. The molecule has 0 bridgehead atoms. The maximum atomic E-state index is 11.9. The number of hydrogen-bond acceptors (Lipinski definition) is 5. The minimum atomic E-state index is -1.03. The molecule has 0 fully saturated rings. The van der Waals surface area contributed by atoms with Crippen molar-refractivity contribution in [3.05, 3.63) is 39.9 Å². The first-order chi connectivity index (χ1) is 9.40. The summed E-state index contributed by atoms with van der Waals surface area (Å²) < 4.78 is 4.88. The summed E-state index contributed by atoms with van der Waals surface area (Å²) in [5.41, 5.74) is 0.251. The summed E-state index contributed by atoms with van der Waals surface area (Å²) >= 11 is 0. The van der Waals surface area contributed by atoms with Crippen molar-refractivity contribution in [2.75, 3.05) is 6.61 Å². The summed E-state index contributed by atoms with van der Waals surface area (Å²) in [7, 11) is 0. The van der Waals surface area contributed by atoms with Crippen LogP contribution in [0.15, 0.2) is 24.3 Å². The van der Waals surface area contributed by atoms with Gasteiger partial charge in [-0.1, -0.05) is 25.1 Å². The number of ketones is 1. The van der Waals surface area contributed by atoms with Gasteiger partial charge in [0.2, 0.25) is 0 Å². The molecule has 0 aliphatic rings. The first kappa shape index (κ1) is 15.8. The van der Waals surface area contributed by atoms with Crippen LogP contribution in [0.5, 0.6) is 0 Å². The summed E-state index contributed by atoms with van der Waals surface area (Å²) in [6.45, 7) is 4.70. The van der Waals surface area contributed by atoms with E-state index < -0.39 is 22.7 Å². The van der Waals surface area contributed by atoms with E-state index in [2.05, 4.69) is 0 Å². The highest BCUT2D eigenvalue weighted by atomic mass is 16.6. The lowest BCUT2D eigenvalue weighted by molar-refractivity contribution is -0.385. The Kier molecular flexibility index (Phi) is 5.37. The van der Waals surface area contributed by atoms with Gasteiger partial charge in [-0.15, -0.1) is 0 Å². The number of esters is 1. The fourth-order valence-corrected chi connectivity index (χ4v) is 2.17. The third-order valence-electron chi connectivity index (χ3n) is 3.10. The van der Waals surface area contributed by atoms with E-state index in [1.807, 2.05) is 0 Å². The molecule has 0 saturated carbocycles. The van der Waals surface area contributed by atoms with Gasteiger partial charge in [-0.3, -0.25) is 19.7 Å². The molecule has 1 rings (SSSR count). The predicted molar refractivity (Wildman–Crippen MR) is 72.3 cm³/mol. The molecule has 1 aromatic carbocycles. The second-order valence-electron chi connectivity index (χ2n) is 4.44. The van der Waals surface area contributed by atoms with Crippen molar-refractivity contribution in [3.63, 3.8) is 0 Å². The van der Waals surface area contributed by atoms with Gasteiger partial charge in [0.05, 0.1) is 11.5 Å². The first-order valence-electron chi connectivity index (χ1n) is 6.30. The normalized spacial score (nSPS) is 13.3. The molecule has 0 saturated heterocycles. The Bertz CT molecular complexity index is 526. The molecule has 0 aliphatic carbocycles. The van der Waals surface area contributed by atoms with Gasteiger partial charge in [-0.25, -0.2) is 0 Å². The second-order valence-corrected chi connectivity index (χ2v) is 4.44.